The van der Waals surface area contributed by atoms with Gasteiger partial charge in [0.1, 0.15) is 11.5 Å². The molecule has 2 aromatic rings. The molecule has 2 rings (SSSR count). The molecule has 0 bridgehead atoms. The number of ketones is 1. The SMILES string of the molecule is C=C(/C=C(/C)NC)C(C)(C)C(F)(F)F.C=C/C(=C\c1cc(OC)c(C)cc1C)c1ccc(CC(C)=O)cc1.CC.CCC. The van der Waals surface area contributed by atoms with Gasteiger partial charge in [-0.3, -0.25) is 4.79 Å². The zero-order chi connectivity index (χ0) is 34.0. The van der Waals surface area contributed by atoms with E-state index in [1.165, 1.54) is 18.1 Å². The molecule has 0 heterocycles. The Morgan fingerprint density at radius 3 is 1.91 bits per heavy atom. The number of carbonyl (C=O) groups is 1. The maximum atomic E-state index is 12.5. The summed E-state index contributed by atoms with van der Waals surface area (Å²) >= 11 is 0. The van der Waals surface area contributed by atoms with Gasteiger partial charge < -0.3 is 10.1 Å². The van der Waals surface area contributed by atoms with Crippen molar-refractivity contribution in [2.75, 3.05) is 14.2 Å². The molecular weight excluding hydrogens is 547 g/mol. The highest BCUT2D eigenvalue weighted by atomic mass is 19.4. The third-order valence-corrected chi connectivity index (χ3v) is 6.35. The number of methoxy groups -OCH3 is 1. The molecule has 0 aliphatic rings. The number of rotatable bonds is 9. The summed E-state index contributed by atoms with van der Waals surface area (Å²) in [5.74, 6) is 1.05. The van der Waals surface area contributed by atoms with E-state index in [1.807, 2.05) is 51.1 Å². The van der Waals surface area contributed by atoms with Crippen LogP contribution in [0.4, 0.5) is 13.2 Å². The van der Waals surface area contributed by atoms with E-state index in [9.17, 15) is 18.0 Å². The quantitative estimate of drug-likeness (QED) is 0.229. The third-order valence-electron chi connectivity index (χ3n) is 6.35. The number of alkyl halides is 3. The summed E-state index contributed by atoms with van der Waals surface area (Å²) in [6, 6.07) is 12.2. The van der Waals surface area contributed by atoms with Crippen LogP contribution in [-0.4, -0.2) is 26.1 Å². The zero-order valence-electron chi connectivity index (χ0n) is 28.5. The number of benzene rings is 2. The van der Waals surface area contributed by atoms with Crippen molar-refractivity contribution in [3.8, 4) is 5.75 Å². The van der Waals surface area contributed by atoms with Gasteiger partial charge in [-0.1, -0.05) is 83.7 Å². The molecule has 3 nitrogen and oxygen atoms in total. The van der Waals surface area contributed by atoms with E-state index in [-0.39, 0.29) is 11.4 Å². The predicted molar refractivity (Wildman–Crippen MR) is 180 cm³/mol. The number of allylic oxidation sites excluding steroid dienone is 5. The first-order valence-electron chi connectivity index (χ1n) is 14.7. The Morgan fingerprint density at radius 2 is 1.51 bits per heavy atom. The Bertz CT molecular complexity index is 1220. The van der Waals surface area contributed by atoms with Crippen molar-refractivity contribution >= 4 is 17.4 Å². The lowest BCUT2D eigenvalue weighted by Crippen LogP contribution is -2.33. The summed E-state index contributed by atoms with van der Waals surface area (Å²) in [5.41, 5.74) is 5.41. The molecule has 0 radical (unpaired) electrons. The Kier molecular flexibility index (Phi) is 19.7. The molecule has 0 saturated carbocycles. The highest BCUT2D eigenvalue weighted by molar-refractivity contribution is 5.88. The second kappa shape index (κ2) is 20.4. The van der Waals surface area contributed by atoms with Gasteiger partial charge >= 0.3 is 6.18 Å². The van der Waals surface area contributed by atoms with E-state index < -0.39 is 11.6 Å². The Morgan fingerprint density at radius 1 is 1.00 bits per heavy atom. The summed E-state index contributed by atoms with van der Waals surface area (Å²) in [4.78, 5) is 11.2. The van der Waals surface area contributed by atoms with Crippen LogP contribution in [0.15, 0.2) is 73.0 Å². The van der Waals surface area contributed by atoms with Crippen molar-refractivity contribution in [3.63, 3.8) is 0 Å². The van der Waals surface area contributed by atoms with Gasteiger partial charge in [0, 0.05) is 19.2 Å². The number of halogens is 3. The summed E-state index contributed by atoms with van der Waals surface area (Å²) in [6.07, 6.45) is 2.83. The third kappa shape index (κ3) is 14.5. The molecule has 0 aliphatic carbocycles. The standard InChI is InChI=1S/C22H24O2.C10H16F3N.C3H8.C2H6/c1-6-19(20-9-7-18(8-10-20)12-17(4)23)13-21-14-22(24-5)16(3)11-15(21)2;1-7(6-8(2)14-5)9(3,4)10(11,12)13;1-3-2;1-2/h6-11,13-14H,1,12H2,2-5H3;6,14H,1H2,2-5H3;3H2,1-2H3;1-2H3/b19-13+;8-6-;;. The predicted octanol–water partition coefficient (Wildman–Crippen LogP) is 10.9. The lowest BCUT2D eigenvalue weighted by Gasteiger charge is -2.28. The van der Waals surface area contributed by atoms with Crippen LogP contribution < -0.4 is 10.1 Å². The van der Waals surface area contributed by atoms with E-state index in [0.29, 0.717) is 12.1 Å². The van der Waals surface area contributed by atoms with Crippen LogP contribution in [0.2, 0.25) is 0 Å². The van der Waals surface area contributed by atoms with Crippen LogP contribution >= 0.6 is 0 Å². The fraction of sp³-hybridized carbons (Fsp3) is 0.432. The van der Waals surface area contributed by atoms with Gasteiger partial charge in [0.05, 0.1) is 12.5 Å². The number of hydrogen-bond acceptors (Lipinski definition) is 3. The van der Waals surface area contributed by atoms with Gasteiger partial charge in [0.2, 0.25) is 0 Å². The minimum absolute atomic E-state index is 0.0526. The topological polar surface area (TPSA) is 38.3 Å². The van der Waals surface area contributed by atoms with Gasteiger partial charge in [-0.15, -0.1) is 0 Å². The largest absolute Gasteiger partial charge is 0.496 e. The minimum atomic E-state index is -4.27. The fourth-order valence-electron chi connectivity index (χ4n) is 3.45. The van der Waals surface area contributed by atoms with Crippen molar-refractivity contribution in [1.29, 1.82) is 0 Å². The van der Waals surface area contributed by atoms with Crippen LogP contribution in [-0.2, 0) is 11.2 Å². The molecule has 240 valence electrons. The van der Waals surface area contributed by atoms with Gasteiger partial charge in [-0.2, -0.15) is 13.2 Å². The van der Waals surface area contributed by atoms with Crippen molar-refractivity contribution < 1.29 is 22.7 Å². The smallest absolute Gasteiger partial charge is 0.397 e. The summed E-state index contributed by atoms with van der Waals surface area (Å²) in [7, 11) is 3.34. The molecule has 0 unspecified atom stereocenters. The zero-order valence-corrected chi connectivity index (χ0v) is 28.5. The molecular formula is C37H54F3NO2. The lowest BCUT2D eigenvalue weighted by molar-refractivity contribution is -0.196. The molecule has 0 aliphatic heterocycles. The monoisotopic (exact) mass is 601 g/mol. The molecule has 0 saturated heterocycles. The average Bonchev–Trinajstić information content (AvgIpc) is 2.94. The second-order valence-corrected chi connectivity index (χ2v) is 10.5. The molecule has 0 amide bonds. The number of hydrogen-bond donors (Lipinski definition) is 1. The van der Waals surface area contributed by atoms with Crippen molar-refractivity contribution in [2.24, 2.45) is 5.41 Å². The molecule has 6 heteroatoms. The van der Waals surface area contributed by atoms with Crippen LogP contribution in [0.25, 0.3) is 11.6 Å². The van der Waals surface area contributed by atoms with Crippen molar-refractivity contribution in [2.45, 2.75) is 88.3 Å². The van der Waals surface area contributed by atoms with Crippen LogP contribution in [0.5, 0.6) is 5.75 Å². The van der Waals surface area contributed by atoms with E-state index in [0.717, 1.165) is 47.4 Å². The first kappa shape index (κ1) is 41.6. The maximum absolute atomic E-state index is 12.5. The Balaban J connectivity index is 0. The second-order valence-electron chi connectivity index (χ2n) is 10.5. The van der Waals surface area contributed by atoms with Crippen LogP contribution in [0.3, 0.4) is 0 Å². The summed E-state index contributed by atoms with van der Waals surface area (Å²) in [6.45, 7) is 25.3. The Hall–Kier alpha value is -3.54. The molecule has 0 atom stereocenters. The fourth-order valence-corrected chi connectivity index (χ4v) is 3.45. The number of carbonyl (C=O) groups excluding carboxylic acids is 1. The number of Topliss-reactive ketones (excluding diaryl/α,β-unsaturated/α-hetero) is 1. The lowest BCUT2D eigenvalue weighted by atomic mass is 9.84. The van der Waals surface area contributed by atoms with Crippen LogP contribution in [0, 0.1) is 19.3 Å². The van der Waals surface area contributed by atoms with Crippen molar-refractivity contribution in [1.82, 2.24) is 5.32 Å². The van der Waals surface area contributed by atoms with E-state index in [1.54, 1.807) is 28.0 Å². The average molecular weight is 602 g/mol. The van der Waals surface area contributed by atoms with Gasteiger partial charge in [0.25, 0.3) is 0 Å². The number of nitrogens with one attached hydrogen (secondary N) is 1. The molecule has 2 aromatic carbocycles. The number of aryl methyl sites for hydroxylation is 2. The minimum Gasteiger partial charge on any atom is -0.496 e. The summed E-state index contributed by atoms with van der Waals surface area (Å²) in [5, 5.41) is 2.75. The van der Waals surface area contributed by atoms with Crippen LogP contribution in [0.1, 0.15) is 89.6 Å². The maximum Gasteiger partial charge on any atom is 0.397 e. The molecule has 0 fully saturated rings. The highest BCUT2D eigenvalue weighted by Crippen LogP contribution is 2.43. The van der Waals surface area contributed by atoms with Gasteiger partial charge in [-0.05, 0) is 98.7 Å². The van der Waals surface area contributed by atoms with Crippen molar-refractivity contribution in [3.05, 3.63) is 101 Å². The molecule has 0 aromatic heterocycles. The molecule has 43 heavy (non-hydrogen) atoms. The van der Waals surface area contributed by atoms with E-state index in [2.05, 4.69) is 57.5 Å². The highest BCUT2D eigenvalue weighted by Gasteiger charge is 2.48. The van der Waals surface area contributed by atoms with Gasteiger partial charge in [0.15, 0.2) is 0 Å². The first-order valence-corrected chi connectivity index (χ1v) is 14.7. The van der Waals surface area contributed by atoms with E-state index >= 15 is 0 Å². The molecule has 1 N–H and O–H groups in total. The molecule has 0 spiro atoms. The summed E-state index contributed by atoms with van der Waals surface area (Å²) < 4.78 is 43.0. The first-order chi connectivity index (χ1) is 20.0. The number of ether oxygens (including phenoxy) is 1. The Labute approximate surface area is 259 Å². The van der Waals surface area contributed by atoms with Gasteiger partial charge in [-0.25, -0.2) is 0 Å². The normalized spacial score (nSPS) is 11.4. The van der Waals surface area contributed by atoms with E-state index in [4.69, 9.17) is 4.74 Å².